The van der Waals surface area contributed by atoms with Crippen molar-refractivity contribution in [3.63, 3.8) is 0 Å². The predicted molar refractivity (Wildman–Crippen MR) is 67.7 cm³/mol. The van der Waals surface area contributed by atoms with Gasteiger partial charge in [-0.1, -0.05) is 0 Å². The molecule has 0 fully saturated rings. The Labute approximate surface area is 102 Å². The molecule has 0 saturated carbocycles. The summed E-state index contributed by atoms with van der Waals surface area (Å²) in [4.78, 5) is 15.9. The summed E-state index contributed by atoms with van der Waals surface area (Å²) in [7, 11) is 0.946. The molecule has 7 heteroatoms. The molecular formula is C10H15N3O3S. The molecule has 1 heterocycles. The molecule has 17 heavy (non-hydrogen) atoms. The van der Waals surface area contributed by atoms with E-state index in [1.165, 1.54) is 12.3 Å². The van der Waals surface area contributed by atoms with E-state index >= 15 is 0 Å². The van der Waals surface area contributed by atoms with Gasteiger partial charge in [-0.2, -0.15) is 0 Å². The summed E-state index contributed by atoms with van der Waals surface area (Å²) in [5.74, 6) is 1.17. The predicted octanol–water partition coefficient (Wildman–Crippen LogP) is 1.19. The molecule has 6 nitrogen and oxygen atoms in total. The first kappa shape index (κ1) is 13.6. The lowest BCUT2D eigenvalue weighted by molar-refractivity contribution is -0.385. The van der Waals surface area contributed by atoms with Crippen LogP contribution in [0.2, 0.25) is 0 Å². The lowest BCUT2D eigenvalue weighted by Gasteiger charge is -2.24. The minimum atomic E-state index is -0.879. The topological polar surface area (TPSA) is 76.3 Å². The summed E-state index contributed by atoms with van der Waals surface area (Å²) in [6.45, 7) is 1.94. The zero-order valence-electron chi connectivity index (χ0n) is 9.99. The van der Waals surface area contributed by atoms with Crippen LogP contribution in [-0.4, -0.2) is 39.2 Å². The molecule has 0 amide bonds. The summed E-state index contributed by atoms with van der Waals surface area (Å²) in [5.41, 5.74) is -0.0335. The Balaban J connectivity index is 2.78. The number of rotatable bonds is 5. The van der Waals surface area contributed by atoms with Gasteiger partial charge < -0.3 is 4.90 Å². The fourth-order valence-electron chi connectivity index (χ4n) is 1.37. The van der Waals surface area contributed by atoms with Gasteiger partial charge in [0.25, 0.3) is 5.69 Å². The molecular weight excluding hydrogens is 242 g/mol. The Morgan fingerprint density at radius 3 is 2.65 bits per heavy atom. The monoisotopic (exact) mass is 257 g/mol. The van der Waals surface area contributed by atoms with Crippen molar-refractivity contribution < 1.29 is 9.13 Å². The van der Waals surface area contributed by atoms with Crippen LogP contribution in [0.15, 0.2) is 18.3 Å². The first-order chi connectivity index (χ1) is 7.91. The highest BCUT2D eigenvalue weighted by molar-refractivity contribution is 7.84. The maximum Gasteiger partial charge on any atom is 0.287 e. The van der Waals surface area contributed by atoms with E-state index in [-0.39, 0.29) is 11.7 Å². The van der Waals surface area contributed by atoms with E-state index in [9.17, 15) is 14.3 Å². The van der Waals surface area contributed by atoms with Gasteiger partial charge in [0.1, 0.15) is 12.0 Å². The van der Waals surface area contributed by atoms with Gasteiger partial charge in [0.05, 0.1) is 4.92 Å². The highest BCUT2D eigenvalue weighted by atomic mass is 32.2. The zero-order valence-corrected chi connectivity index (χ0v) is 10.8. The first-order valence-electron chi connectivity index (χ1n) is 5.05. The average Bonchev–Trinajstić information content (AvgIpc) is 2.27. The molecule has 0 bridgehead atoms. The summed E-state index contributed by atoms with van der Waals surface area (Å²) >= 11 is 0. The molecule has 94 valence electrons. The number of nitro groups is 1. The molecule has 0 aliphatic rings. The van der Waals surface area contributed by atoms with E-state index in [1.54, 1.807) is 12.3 Å². The summed E-state index contributed by atoms with van der Waals surface area (Å²) in [6.07, 6.45) is 2.87. The second kappa shape index (κ2) is 5.72. The third-order valence-corrected chi connectivity index (χ3v) is 3.39. The quantitative estimate of drug-likeness (QED) is 0.585. The second-order valence-corrected chi connectivity index (χ2v) is 5.31. The van der Waals surface area contributed by atoms with E-state index in [2.05, 4.69) is 4.98 Å². The van der Waals surface area contributed by atoms with Gasteiger partial charge in [-0.15, -0.1) is 0 Å². The van der Waals surface area contributed by atoms with Gasteiger partial charge in [0, 0.05) is 42.0 Å². The molecule has 1 rings (SSSR count). The molecule has 0 aromatic carbocycles. The summed E-state index contributed by atoms with van der Waals surface area (Å²) < 4.78 is 11.1. The molecule has 0 aliphatic carbocycles. The van der Waals surface area contributed by atoms with E-state index < -0.39 is 15.7 Å². The Morgan fingerprint density at radius 1 is 1.59 bits per heavy atom. The van der Waals surface area contributed by atoms with Crippen LogP contribution in [0.3, 0.4) is 0 Å². The number of aromatic nitrogens is 1. The Morgan fingerprint density at radius 2 is 2.24 bits per heavy atom. The van der Waals surface area contributed by atoms with Crippen LogP contribution in [0.5, 0.6) is 0 Å². The van der Waals surface area contributed by atoms with Crippen LogP contribution in [0.1, 0.15) is 6.92 Å². The van der Waals surface area contributed by atoms with E-state index in [4.69, 9.17) is 0 Å². The van der Waals surface area contributed by atoms with Crippen LogP contribution in [0, 0.1) is 10.1 Å². The second-order valence-electron chi connectivity index (χ2n) is 3.83. The molecule has 0 saturated heterocycles. The van der Waals surface area contributed by atoms with Crippen LogP contribution < -0.4 is 4.90 Å². The minimum absolute atomic E-state index is 0.0335. The molecule has 1 aromatic rings. The number of hydrogen-bond acceptors (Lipinski definition) is 5. The van der Waals surface area contributed by atoms with Crippen LogP contribution in [0.4, 0.5) is 11.5 Å². The highest BCUT2D eigenvalue weighted by Crippen LogP contribution is 2.16. The number of nitrogens with zero attached hydrogens (tertiary/aromatic N) is 3. The van der Waals surface area contributed by atoms with Crippen LogP contribution in [0.25, 0.3) is 0 Å². The van der Waals surface area contributed by atoms with Gasteiger partial charge in [-0.25, -0.2) is 4.98 Å². The number of pyridine rings is 1. The van der Waals surface area contributed by atoms with Crippen LogP contribution >= 0.6 is 0 Å². The van der Waals surface area contributed by atoms with Crippen molar-refractivity contribution in [3.8, 4) is 0 Å². The Bertz CT molecular complexity index is 421. The molecule has 1 aromatic heterocycles. The first-order valence-corrected chi connectivity index (χ1v) is 6.78. The third kappa shape index (κ3) is 3.77. The normalized spacial score (nSPS) is 14.1. The number of anilines is 1. The summed E-state index contributed by atoms with van der Waals surface area (Å²) in [6, 6.07) is 3.07. The van der Waals surface area contributed by atoms with Crippen molar-refractivity contribution in [2.75, 3.05) is 24.0 Å². The molecule has 0 spiro atoms. The lowest BCUT2D eigenvalue weighted by atomic mass is 10.3. The molecule has 0 radical (unpaired) electrons. The maximum absolute atomic E-state index is 11.1. The molecule has 0 N–H and O–H groups in total. The van der Waals surface area contributed by atoms with Gasteiger partial charge >= 0.3 is 0 Å². The van der Waals surface area contributed by atoms with Crippen molar-refractivity contribution in [2.45, 2.75) is 13.0 Å². The minimum Gasteiger partial charge on any atom is -0.356 e. The summed E-state index contributed by atoms with van der Waals surface area (Å²) in [5, 5.41) is 10.5. The number of hydrogen-bond donors (Lipinski definition) is 0. The fraction of sp³-hybridized carbons (Fsp3) is 0.500. The molecule has 2 atom stereocenters. The van der Waals surface area contributed by atoms with Crippen molar-refractivity contribution in [3.05, 3.63) is 28.4 Å². The van der Waals surface area contributed by atoms with E-state index in [0.29, 0.717) is 11.6 Å². The van der Waals surface area contributed by atoms with Gasteiger partial charge in [-0.3, -0.25) is 14.3 Å². The van der Waals surface area contributed by atoms with E-state index in [1.807, 2.05) is 18.9 Å². The Kier molecular flexibility index (Phi) is 4.56. The largest absolute Gasteiger partial charge is 0.356 e. The van der Waals surface area contributed by atoms with Crippen molar-refractivity contribution in [2.24, 2.45) is 0 Å². The highest BCUT2D eigenvalue weighted by Gasteiger charge is 2.14. The van der Waals surface area contributed by atoms with Crippen molar-refractivity contribution in [1.29, 1.82) is 0 Å². The third-order valence-electron chi connectivity index (χ3n) is 2.44. The smallest absolute Gasteiger partial charge is 0.287 e. The van der Waals surface area contributed by atoms with Gasteiger partial charge in [0.2, 0.25) is 0 Å². The molecule has 0 unspecified atom stereocenters. The lowest BCUT2D eigenvalue weighted by Crippen LogP contribution is -2.33. The standard InChI is InChI=1S/C10H15N3O3S/c1-8(7-17(3)16)12(2)10-5-4-9(6-11-10)13(14)15/h4-6,8H,7H2,1-3H3/t8-,17-/m0/s1. The van der Waals surface area contributed by atoms with Crippen molar-refractivity contribution in [1.82, 2.24) is 4.98 Å². The average molecular weight is 257 g/mol. The maximum atomic E-state index is 11.1. The van der Waals surface area contributed by atoms with Gasteiger partial charge in [-0.05, 0) is 13.0 Å². The molecule has 0 aliphatic heterocycles. The van der Waals surface area contributed by atoms with Crippen LogP contribution in [-0.2, 0) is 10.8 Å². The zero-order chi connectivity index (χ0) is 13.0. The Hall–Kier alpha value is -1.50. The van der Waals surface area contributed by atoms with Gasteiger partial charge in [0.15, 0.2) is 0 Å². The fourth-order valence-corrected chi connectivity index (χ4v) is 2.28. The SMILES string of the molecule is C[C@@H](C[S@](C)=O)N(C)c1ccc([N+](=O)[O-])cn1. The van der Waals surface area contributed by atoms with Crippen molar-refractivity contribution >= 4 is 22.3 Å². The van der Waals surface area contributed by atoms with E-state index in [0.717, 1.165) is 0 Å².